The molecule has 0 atom stereocenters. The van der Waals surface area contributed by atoms with E-state index in [1.54, 1.807) is 18.2 Å². The molecule has 0 radical (unpaired) electrons. The van der Waals surface area contributed by atoms with E-state index in [9.17, 15) is 0 Å². The third-order valence-corrected chi connectivity index (χ3v) is 4.15. The number of nitrogen functional groups attached to an aromatic ring is 1. The normalized spacial score (nSPS) is 10.8. The number of nitrogens with zero attached hydrogens (tertiary/aromatic N) is 3. The van der Waals surface area contributed by atoms with E-state index in [4.69, 9.17) is 49.8 Å². The third-order valence-electron chi connectivity index (χ3n) is 3.08. The number of anilines is 1. The van der Waals surface area contributed by atoms with Crippen molar-refractivity contribution in [3.8, 4) is 28.6 Å². The number of rotatable bonds is 3. The van der Waals surface area contributed by atoms with E-state index in [-0.39, 0.29) is 16.6 Å². The van der Waals surface area contributed by atoms with Gasteiger partial charge in [0.1, 0.15) is 5.69 Å². The second kappa shape index (κ2) is 6.23. The Morgan fingerprint density at radius 3 is 2.61 bits per heavy atom. The van der Waals surface area contributed by atoms with Crippen molar-refractivity contribution in [3.63, 3.8) is 0 Å². The first kappa shape index (κ1) is 15.9. The molecule has 0 aliphatic rings. The van der Waals surface area contributed by atoms with Crippen molar-refractivity contribution >= 4 is 40.5 Å². The van der Waals surface area contributed by atoms with Crippen LogP contribution < -0.4 is 10.5 Å². The summed E-state index contributed by atoms with van der Waals surface area (Å²) in [6.07, 6.45) is 1.24. The summed E-state index contributed by atoms with van der Waals surface area (Å²) in [5, 5.41) is 4.46. The molecule has 0 amide bonds. The molecule has 0 fully saturated rings. The number of hydrogen-bond donors (Lipinski definition) is 1. The lowest BCUT2D eigenvalue weighted by atomic mass is 10.1. The fourth-order valence-corrected chi connectivity index (χ4v) is 2.82. The Hall–Kier alpha value is -2.02. The van der Waals surface area contributed by atoms with Gasteiger partial charge >= 0.3 is 0 Å². The van der Waals surface area contributed by atoms with Gasteiger partial charge in [0.05, 0.1) is 33.6 Å². The average molecular weight is 372 g/mol. The summed E-state index contributed by atoms with van der Waals surface area (Å²) < 4.78 is 10.2. The molecule has 0 saturated carbocycles. The monoisotopic (exact) mass is 370 g/mol. The zero-order valence-electron chi connectivity index (χ0n) is 11.7. The van der Waals surface area contributed by atoms with E-state index in [0.717, 1.165) is 0 Å². The fraction of sp³-hybridized carbons (Fsp3) is 0.0714. The molecular formula is C14H9Cl3N4O2. The Morgan fingerprint density at radius 1 is 1.17 bits per heavy atom. The van der Waals surface area contributed by atoms with Crippen LogP contribution in [0.2, 0.25) is 15.1 Å². The molecule has 23 heavy (non-hydrogen) atoms. The molecule has 0 bridgehead atoms. The van der Waals surface area contributed by atoms with Crippen LogP contribution in [-0.2, 0) is 0 Å². The largest absolute Gasteiger partial charge is 0.494 e. The summed E-state index contributed by atoms with van der Waals surface area (Å²) in [6, 6.07) is 4.96. The van der Waals surface area contributed by atoms with Crippen molar-refractivity contribution in [2.45, 2.75) is 0 Å². The standard InChI is InChI=1S/C14H9Cl3N4O2/c1-22-13-7(15)3-2-6(10(13)16)9-4-8(18)11(17)12(21-9)14-19-5-20-23-14/h2-5H,1H3,(H2,18,21). The molecule has 0 unspecified atom stereocenters. The maximum atomic E-state index is 6.34. The zero-order valence-corrected chi connectivity index (χ0v) is 13.9. The fourth-order valence-electron chi connectivity index (χ4n) is 2.02. The number of ether oxygens (including phenoxy) is 1. The second-order valence-corrected chi connectivity index (χ2v) is 5.61. The quantitative estimate of drug-likeness (QED) is 0.736. The van der Waals surface area contributed by atoms with Crippen LogP contribution in [0.25, 0.3) is 22.8 Å². The van der Waals surface area contributed by atoms with Crippen molar-refractivity contribution in [2.24, 2.45) is 0 Å². The molecule has 6 nitrogen and oxygen atoms in total. The summed E-state index contributed by atoms with van der Waals surface area (Å²) in [6.45, 7) is 0. The molecule has 9 heteroatoms. The van der Waals surface area contributed by atoms with Gasteiger partial charge < -0.3 is 15.0 Å². The Morgan fingerprint density at radius 2 is 1.96 bits per heavy atom. The smallest absolute Gasteiger partial charge is 0.277 e. The summed E-state index contributed by atoms with van der Waals surface area (Å²) in [4.78, 5) is 8.35. The van der Waals surface area contributed by atoms with Crippen molar-refractivity contribution in [1.29, 1.82) is 0 Å². The van der Waals surface area contributed by atoms with E-state index < -0.39 is 0 Å². The van der Waals surface area contributed by atoms with Gasteiger partial charge in [0.15, 0.2) is 12.1 Å². The highest BCUT2D eigenvalue weighted by Crippen LogP contribution is 2.41. The first-order chi connectivity index (χ1) is 11.0. The first-order valence-electron chi connectivity index (χ1n) is 6.28. The minimum atomic E-state index is 0.153. The molecule has 0 aliphatic heterocycles. The van der Waals surface area contributed by atoms with Gasteiger partial charge in [-0.15, -0.1) is 0 Å². The predicted molar refractivity (Wildman–Crippen MR) is 89.0 cm³/mol. The van der Waals surface area contributed by atoms with Gasteiger partial charge in [0.25, 0.3) is 5.89 Å². The zero-order chi connectivity index (χ0) is 16.6. The number of methoxy groups -OCH3 is 1. The number of hydrogen-bond acceptors (Lipinski definition) is 6. The summed E-state index contributed by atoms with van der Waals surface area (Å²) in [5.74, 6) is 0.501. The van der Waals surface area contributed by atoms with E-state index >= 15 is 0 Å². The second-order valence-electron chi connectivity index (χ2n) is 4.45. The highest BCUT2D eigenvalue weighted by molar-refractivity contribution is 6.39. The highest BCUT2D eigenvalue weighted by atomic mass is 35.5. The lowest BCUT2D eigenvalue weighted by Gasteiger charge is -2.12. The molecule has 1 aromatic carbocycles. The first-order valence-corrected chi connectivity index (χ1v) is 7.41. The maximum Gasteiger partial charge on any atom is 0.277 e. The Balaban J connectivity index is 2.22. The van der Waals surface area contributed by atoms with Crippen LogP contribution in [0.1, 0.15) is 0 Å². The Labute approximate surface area is 146 Å². The number of halogens is 3. The molecule has 0 aliphatic carbocycles. The van der Waals surface area contributed by atoms with Crippen LogP contribution in [0.5, 0.6) is 5.75 Å². The lowest BCUT2D eigenvalue weighted by molar-refractivity contribution is 0.415. The van der Waals surface area contributed by atoms with Gasteiger partial charge in [0.2, 0.25) is 0 Å². The van der Waals surface area contributed by atoms with Crippen LogP contribution in [0.4, 0.5) is 5.69 Å². The topological polar surface area (TPSA) is 87.1 Å². The van der Waals surface area contributed by atoms with Crippen molar-refractivity contribution in [2.75, 3.05) is 12.8 Å². The number of nitrogens with two attached hydrogens (primary N) is 1. The molecule has 2 heterocycles. The van der Waals surface area contributed by atoms with E-state index in [2.05, 4.69) is 15.1 Å². The van der Waals surface area contributed by atoms with E-state index in [1.165, 1.54) is 13.4 Å². The van der Waals surface area contributed by atoms with Crippen molar-refractivity contribution < 1.29 is 9.26 Å². The van der Waals surface area contributed by atoms with E-state index in [0.29, 0.717) is 32.7 Å². The average Bonchev–Trinajstić information content (AvgIpc) is 3.05. The van der Waals surface area contributed by atoms with Crippen LogP contribution in [0, 0.1) is 0 Å². The van der Waals surface area contributed by atoms with Gasteiger partial charge in [0, 0.05) is 5.56 Å². The molecule has 2 N–H and O–H groups in total. The molecule has 3 aromatic rings. The maximum absolute atomic E-state index is 6.34. The number of benzene rings is 1. The molecule has 118 valence electrons. The molecular weight excluding hydrogens is 363 g/mol. The van der Waals surface area contributed by atoms with Gasteiger partial charge in [-0.05, 0) is 18.2 Å². The van der Waals surface area contributed by atoms with Crippen molar-refractivity contribution in [1.82, 2.24) is 15.1 Å². The lowest BCUT2D eigenvalue weighted by Crippen LogP contribution is -1.97. The van der Waals surface area contributed by atoms with Crippen LogP contribution in [-0.4, -0.2) is 22.2 Å². The minimum Gasteiger partial charge on any atom is -0.494 e. The molecule has 0 spiro atoms. The van der Waals surface area contributed by atoms with Crippen molar-refractivity contribution in [3.05, 3.63) is 39.6 Å². The molecule has 2 aromatic heterocycles. The van der Waals surface area contributed by atoms with Crippen LogP contribution in [0.15, 0.2) is 29.0 Å². The summed E-state index contributed by atoms with van der Waals surface area (Å²) in [7, 11) is 1.48. The highest BCUT2D eigenvalue weighted by Gasteiger charge is 2.19. The third kappa shape index (κ3) is 2.81. The molecule has 0 saturated heterocycles. The Bertz CT molecular complexity index is 869. The van der Waals surface area contributed by atoms with Crippen LogP contribution in [0.3, 0.4) is 0 Å². The summed E-state index contributed by atoms with van der Waals surface area (Å²) >= 11 is 18.6. The Kier molecular flexibility index (Phi) is 4.30. The minimum absolute atomic E-state index is 0.153. The van der Waals surface area contributed by atoms with Gasteiger partial charge in [-0.3, -0.25) is 0 Å². The predicted octanol–water partition coefficient (Wildman–Crippen LogP) is 4.35. The van der Waals surface area contributed by atoms with Gasteiger partial charge in [-0.1, -0.05) is 40.0 Å². The van der Waals surface area contributed by atoms with Gasteiger partial charge in [-0.2, -0.15) is 4.98 Å². The van der Waals surface area contributed by atoms with Gasteiger partial charge in [-0.25, -0.2) is 4.98 Å². The number of aromatic nitrogens is 3. The number of pyridine rings is 1. The molecule has 3 rings (SSSR count). The SMILES string of the molecule is COc1c(Cl)ccc(-c2cc(N)c(Cl)c(-c3ncno3)n2)c1Cl. The van der Waals surface area contributed by atoms with E-state index in [1.807, 2.05) is 0 Å². The van der Waals surface area contributed by atoms with Crippen LogP contribution >= 0.6 is 34.8 Å². The summed E-state index contributed by atoms with van der Waals surface area (Å²) in [5.41, 5.74) is 7.57.